The quantitative estimate of drug-likeness (QED) is 0.884. The number of aromatic nitrogens is 1. The van der Waals surface area contributed by atoms with Crippen molar-refractivity contribution in [3.05, 3.63) is 53.9 Å². The summed E-state index contributed by atoms with van der Waals surface area (Å²) in [7, 11) is 3.07. The van der Waals surface area contributed by atoms with E-state index in [9.17, 15) is 9.90 Å². The van der Waals surface area contributed by atoms with Gasteiger partial charge in [0.15, 0.2) is 0 Å². The standard InChI is InChI=1S/C16H17NO4/c1-20-12-3-4-13(15(10-12)21-2)14(16(18)19)9-11-5-7-17-8-6-11/h3-8,10,14H,9H2,1-2H3,(H,18,19). The second kappa shape index (κ2) is 6.74. The second-order valence-corrected chi connectivity index (χ2v) is 4.56. The van der Waals surface area contributed by atoms with Crippen LogP contribution in [-0.2, 0) is 11.2 Å². The van der Waals surface area contributed by atoms with Gasteiger partial charge in [0.05, 0.1) is 20.1 Å². The predicted molar refractivity (Wildman–Crippen MR) is 77.9 cm³/mol. The Labute approximate surface area is 123 Å². The molecule has 2 rings (SSSR count). The van der Waals surface area contributed by atoms with Crippen LogP contribution < -0.4 is 9.47 Å². The number of carboxylic acids is 1. The normalized spacial score (nSPS) is 11.7. The van der Waals surface area contributed by atoms with Gasteiger partial charge < -0.3 is 14.6 Å². The summed E-state index contributed by atoms with van der Waals surface area (Å²) in [5.74, 6) is -0.442. The number of rotatable bonds is 6. The summed E-state index contributed by atoms with van der Waals surface area (Å²) in [6.45, 7) is 0. The molecule has 1 N–H and O–H groups in total. The minimum absolute atomic E-state index is 0.376. The molecular weight excluding hydrogens is 270 g/mol. The Balaban J connectivity index is 2.36. The molecule has 1 atom stereocenters. The van der Waals surface area contributed by atoms with E-state index in [2.05, 4.69) is 4.98 Å². The van der Waals surface area contributed by atoms with Gasteiger partial charge in [0, 0.05) is 24.0 Å². The topological polar surface area (TPSA) is 68.7 Å². The van der Waals surface area contributed by atoms with Crippen LogP contribution in [0.1, 0.15) is 17.0 Å². The number of ether oxygens (including phenoxy) is 2. The molecular formula is C16H17NO4. The zero-order valence-corrected chi connectivity index (χ0v) is 11.9. The largest absolute Gasteiger partial charge is 0.497 e. The summed E-state index contributed by atoms with van der Waals surface area (Å²) in [6.07, 6.45) is 3.68. The number of pyridine rings is 1. The monoisotopic (exact) mass is 287 g/mol. The number of hydrogen-bond acceptors (Lipinski definition) is 4. The third-order valence-electron chi connectivity index (χ3n) is 3.30. The van der Waals surface area contributed by atoms with E-state index >= 15 is 0 Å². The molecule has 0 radical (unpaired) electrons. The van der Waals surface area contributed by atoms with Gasteiger partial charge in [-0.25, -0.2) is 0 Å². The molecule has 1 aromatic carbocycles. The summed E-state index contributed by atoms with van der Waals surface area (Å²) in [5, 5.41) is 9.53. The molecule has 0 aliphatic rings. The van der Waals surface area contributed by atoms with Crippen LogP contribution in [0.25, 0.3) is 0 Å². The van der Waals surface area contributed by atoms with Gasteiger partial charge in [-0.3, -0.25) is 9.78 Å². The smallest absolute Gasteiger partial charge is 0.311 e. The van der Waals surface area contributed by atoms with Crippen LogP contribution in [0.15, 0.2) is 42.7 Å². The Bertz CT molecular complexity index is 613. The predicted octanol–water partition coefficient (Wildman–Crippen LogP) is 2.51. The number of carbonyl (C=O) groups is 1. The highest BCUT2D eigenvalue weighted by atomic mass is 16.5. The molecule has 1 aromatic heterocycles. The summed E-state index contributed by atoms with van der Waals surface area (Å²) >= 11 is 0. The van der Waals surface area contributed by atoms with Gasteiger partial charge in [-0.1, -0.05) is 6.07 Å². The van der Waals surface area contributed by atoms with Crippen molar-refractivity contribution in [1.29, 1.82) is 0 Å². The van der Waals surface area contributed by atoms with Gasteiger partial charge in [0.1, 0.15) is 11.5 Å². The molecule has 21 heavy (non-hydrogen) atoms. The number of nitrogens with zero attached hydrogens (tertiary/aromatic N) is 1. The molecule has 5 heteroatoms. The van der Waals surface area contributed by atoms with Gasteiger partial charge in [-0.15, -0.1) is 0 Å². The molecule has 0 aliphatic carbocycles. The molecule has 0 saturated carbocycles. The minimum Gasteiger partial charge on any atom is -0.497 e. The van der Waals surface area contributed by atoms with E-state index < -0.39 is 11.9 Å². The highest BCUT2D eigenvalue weighted by molar-refractivity contribution is 5.78. The van der Waals surface area contributed by atoms with Crippen molar-refractivity contribution in [3.8, 4) is 11.5 Å². The van der Waals surface area contributed by atoms with Crippen molar-refractivity contribution in [2.45, 2.75) is 12.3 Å². The van der Waals surface area contributed by atoms with Crippen LogP contribution in [0, 0.1) is 0 Å². The van der Waals surface area contributed by atoms with Crippen molar-refractivity contribution in [3.63, 3.8) is 0 Å². The Morgan fingerprint density at radius 2 is 1.90 bits per heavy atom. The molecule has 0 amide bonds. The molecule has 110 valence electrons. The van der Waals surface area contributed by atoms with Crippen LogP contribution in [0.4, 0.5) is 0 Å². The van der Waals surface area contributed by atoms with Crippen LogP contribution in [0.2, 0.25) is 0 Å². The summed E-state index contributed by atoms with van der Waals surface area (Å²) in [4.78, 5) is 15.6. The molecule has 0 saturated heterocycles. The maximum absolute atomic E-state index is 11.6. The first-order chi connectivity index (χ1) is 10.2. The van der Waals surface area contributed by atoms with Gasteiger partial charge in [-0.05, 0) is 30.2 Å². The number of hydrogen-bond donors (Lipinski definition) is 1. The lowest BCUT2D eigenvalue weighted by Crippen LogP contribution is -2.15. The van der Waals surface area contributed by atoms with Crippen LogP contribution in [0.5, 0.6) is 11.5 Å². The Morgan fingerprint density at radius 1 is 1.19 bits per heavy atom. The van der Waals surface area contributed by atoms with E-state index in [1.54, 1.807) is 37.7 Å². The average Bonchev–Trinajstić information content (AvgIpc) is 2.52. The lowest BCUT2D eigenvalue weighted by molar-refractivity contribution is -0.138. The average molecular weight is 287 g/mol. The van der Waals surface area contributed by atoms with Crippen molar-refractivity contribution >= 4 is 5.97 Å². The van der Waals surface area contributed by atoms with Gasteiger partial charge in [-0.2, -0.15) is 0 Å². The van der Waals surface area contributed by atoms with E-state index in [0.29, 0.717) is 23.5 Å². The maximum atomic E-state index is 11.6. The maximum Gasteiger partial charge on any atom is 0.311 e. The van der Waals surface area contributed by atoms with E-state index in [1.165, 1.54) is 7.11 Å². The van der Waals surface area contributed by atoms with E-state index in [0.717, 1.165) is 5.56 Å². The van der Waals surface area contributed by atoms with Crippen LogP contribution >= 0.6 is 0 Å². The van der Waals surface area contributed by atoms with E-state index in [4.69, 9.17) is 9.47 Å². The minimum atomic E-state index is -0.893. The summed E-state index contributed by atoms with van der Waals surface area (Å²) in [5.41, 5.74) is 1.54. The molecule has 0 bridgehead atoms. The number of carboxylic acid groups (broad SMARTS) is 1. The Kier molecular flexibility index (Phi) is 4.77. The highest BCUT2D eigenvalue weighted by Gasteiger charge is 2.24. The fraction of sp³-hybridized carbons (Fsp3) is 0.250. The third-order valence-corrected chi connectivity index (χ3v) is 3.30. The fourth-order valence-corrected chi connectivity index (χ4v) is 2.19. The molecule has 0 fully saturated rings. The highest BCUT2D eigenvalue weighted by Crippen LogP contribution is 2.32. The van der Waals surface area contributed by atoms with Crippen molar-refractivity contribution in [1.82, 2.24) is 4.98 Å². The summed E-state index contributed by atoms with van der Waals surface area (Å²) < 4.78 is 10.4. The summed E-state index contributed by atoms with van der Waals surface area (Å²) in [6, 6.07) is 8.79. The van der Waals surface area contributed by atoms with Crippen molar-refractivity contribution < 1.29 is 19.4 Å². The SMILES string of the molecule is COc1ccc(C(Cc2ccncc2)C(=O)O)c(OC)c1. The first-order valence-electron chi connectivity index (χ1n) is 6.49. The third kappa shape index (κ3) is 3.51. The zero-order valence-electron chi connectivity index (χ0n) is 11.9. The van der Waals surface area contributed by atoms with E-state index in [1.807, 2.05) is 12.1 Å². The fourth-order valence-electron chi connectivity index (χ4n) is 2.19. The lowest BCUT2D eigenvalue weighted by atomic mass is 9.91. The Hall–Kier alpha value is -2.56. The second-order valence-electron chi connectivity index (χ2n) is 4.56. The molecule has 5 nitrogen and oxygen atoms in total. The molecule has 0 spiro atoms. The van der Waals surface area contributed by atoms with Crippen molar-refractivity contribution in [2.75, 3.05) is 14.2 Å². The first kappa shape index (κ1) is 14.8. The van der Waals surface area contributed by atoms with Crippen LogP contribution in [0.3, 0.4) is 0 Å². The molecule has 1 unspecified atom stereocenters. The first-order valence-corrected chi connectivity index (χ1v) is 6.49. The van der Waals surface area contributed by atoms with Gasteiger partial charge >= 0.3 is 5.97 Å². The van der Waals surface area contributed by atoms with E-state index in [-0.39, 0.29) is 0 Å². The number of benzene rings is 1. The number of methoxy groups -OCH3 is 2. The zero-order chi connectivity index (χ0) is 15.2. The lowest BCUT2D eigenvalue weighted by Gasteiger charge is -2.17. The van der Waals surface area contributed by atoms with Crippen LogP contribution in [-0.4, -0.2) is 30.3 Å². The Morgan fingerprint density at radius 3 is 2.48 bits per heavy atom. The molecule has 2 aromatic rings. The van der Waals surface area contributed by atoms with Gasteiger partial charge in [0.25, 0.3) is 0 Å². The number of aliphatic carboxylic acids is 1. The van der Waals surface area contributed by atoms with Gasteiger partial charge in [0.2, 0.25) is 0 Å². The molecule has 1 heterocycles. The van der Waals surface area contributed by atoms with Crippen molar-refractivity contribution in [2.24, 2.45) is 0 Å². The molecule has 0 aliphatic heterocycles.